The summed E-state index contributed by atoms with van der Waals surface area (Å²) in [5, 5.41) is 0.406. The van der Waals surface area contributed by atoms with Gasteiger partial charge in [-0.15, -0.1) is 0 Å². The topological polar surface area (TPSA) is 80.8 Å². The van der Waals surface area contributed by atoms with E-state index in [1.54, 1.807) is 18.2 Å². The van der Waals surface area contributed by atoms with E-state index in [-0.39, 0.29) is 22.6 Å². The fraction of sp³-hybridized carbons (Fsp3) is 0.304. The van der Waals surface area contributed by atoms with Crippen molar-refractivity contribution in [3.8, 4) is 0 Å². The Labute approximate surface area is 179 Å². The smallest absolute Gasteiger partial charge is 0.338 e. The van der Waals surface area contributed by atoms with Crippen molar-refractivity contribution < 1.29 is 23.9 Å². The quantitative estimate of drug-likeness (QED) is 0.371. The minimum absolute atomic E-state index is 0.103. The molecule has 0 spiro atoms. The Morgan fingerprint density at radius 3 is 2.33 bits per heavy atom. The van der Waals surface area contributed by atoms with Crippen LogP contribution in [0.15, 0.2) is 42.5 Å². The van der Waals surface area contributed by atoms with Gasteiger partial charge in [0.05, 0.1) is 16.7 Å². The summed E-state index contributed by atoms with van der Waals surface area (Å²) in [7, 11) is 0. The molecule has 0 aromatic heterocycles. The van der Waals surface area contributed by atoms with Gasteiger partial charge in [0.2, 0.25) is 5.78 Å². The Bertz CT molecular complexity index is 1030. The van der Waals surface area contributed by atoms with E-state index in [1.165, 1.54) is 36.1 Å². The molecule has 2 aromatic rings. The normalized spacial score (nSPS) is 14.1. The molecule has 0 bridgehead atoms. The van der Waals surface area contributed by atoms with Crippen molar-refractivity contribution in [2.24, 2.45) is 5.92 Å². The Morgan fingerprint density at radius 2 is 1.67 bits per heavy atom. The molecule has 2 aromatic carbocycles. The van der Waals surface area contributed by atoms with Gasteiger partial charge >= 0.3 is 5.97 Å². The summed E-state index contributed by atoms with van der Waals surface area (Å²) in [6, 6.07) is 10.6. The number of carbonyl (C=O) groups excluding carboxylic acids is 4. The summed E-state index contributed by atoms with van der Waals surface area (Å²) in [6.07, 6.45) is -0.340. The molecule has 1 aliphatic heterocycles. The van der Waals surface area contributed by atoms with Crippen LogP contribution in [-0.2, 0) is 4.74 Å². The highest BCUT2D eigenvalue weighted by Crippen LogP contribution is 2.25. The minimum atomic E-state index is -1.04. The van der Waals surface area contributed by atoms with E-state index in [0.29, 0.717) is 29.5 Å². The lowest BCUT2D eigenvalue weighted by molar-refractivity contribution is 0.0318. The van der Waals surface area contributed by atoms with Crippen LogP contribution in [0.1, 0.15) is 68.6 Å². The molecule has 0 N–H and O–H groups in total. The Morgan fingerprint density at radius 1 is 0.967 bits per heavy atom. The zero-order chi connectivity index (χ0) is 22.0. The third kappa shape index (κ3) is 4.44. The summed E-state index contributed by atoms with van der Waals surface area (Å²) in [5.41, 5.74) is 0.875. The van der Waals surface area contributed by atoms with E-state index in [1.807, 2.05) is 13.8 Å². The summed E-state index contributed by atoms with van der Waals surface area (Å²) in [4.78, 5) is 51.3. The molecule has 0 saturated heterocycles. The van der Waals surface area contributed by atoms with Crippen LogP contribution in [0, 0.1) is 5.92 Å². The van der Waals surface area contributed by atoms with Gasteiger partial charge in [-0.1, -0.05) is 37.6 Å². The predicted octanol–water partition coefficient (Wildman–Crippen LogP) is 4.41. The maximum absolute atomic E-state index is 12.6. The maximum Gasteiger partial charge on any atom is 0.338 e. The van der Waals surface area contributed by atoms with Crippen molar-refractivity contribution >= 4 is 35.2 Å². The van der Waals surface area contributed by atoms with Crippen molar-refractivity contribution in [3.05, 3.63) is 69.7 Å². The molecule has 1 aliphatic rings. The number of ketones is 1. The van der Waals surface area contributed by atoms with Gasteiger partial charge in [0.15, 0.2) is 6.10 Å². The lowest BCUT2D eigenvalue weighted by Gasteiger charge is -2.14. The first kappa shape index (κ1) is 21.7. The zero-order valence-electron chi connectivity index (χ0n) is 17.0. The lowest BCUT2D eigenvalue weighted by Crippen LogP contribution is -2.31. The number of hydrogen-bond acceptors (Lipinski definition) is 5. The number of hydrogen-bond donors (Lipinski definition) is 0. The van der Waals surface area contributed by atoms with Crippen molar-refractivity contribution in [3.63, 3.8) is 0 Å². The van der Waals surface area contributed by atoms with Crippen molar-refractivity contribution in [1.82, 2.24) is 4.90 Å². The molecule has 6 nitrogen and oxygen atoms in total. The highest BCUT2D eigenvalue weighted by atomic mass is 35.5. The first-order valence-electron chi connectivity index (χ1n) is 9.70. The molecule has 30 heavy (non-hydrogen) atoms. The highest BCUT2D eigenvalue weighted by molar-refractivity contribution is 6.31. The number of nitrogens with zero attached hydrogens (tertiary/aromatic N) is 1. The first-order chi connectivity index (χ1) is 14.2. The number of imide groups is 1. The number of ether oxygens (including phenoxy) is 1. The fourth-order valence-corrected chi connectivity index (χ4v) is 3.36. The summed E-state index contributed by atoms with van der Waals surface area (Å²) < 4.78 is 5.28. The summed E-state index contributed by atoms with van der Waals surface area (Å²) in [5.74, 6) is -1.58. The largest absolute Gasteiger partial charge is 0.451 e. The summed E-state index contributed by atoms with van der Waals surface area (Å²) in [6.45, 7) is 5.82. The molecule has 156 valence electrons. The molecule has 1 heterocycles. The molecule has 2 amide bonds. The van der Waals surface area contributed by atoms with Gasteiger partial charge in [-0.3, -0.25) is 19.3 Å². The monoisotopic (exact) mass is 427 g/mol. The van der Waals surface area contributed by atoms with E-state index in [2.05, 4.69) is 0 Å². The zero-order valence-corrected chi connectivity index (χ0v) is 17.7. The van der Waals surface area contributed by atoms with Gasteiger partial charge in [0.1, 0.15) is 0 Å². The number of Topliss-reactive ketones (excluding diaryl/α,β-unsaturated/α-hetero) is 1. The number of rotatable bonds is 7. The van der Waals surface area contributed by atoms with Gasteiger partial charge in [0, 0.05) is 17.1 Å². The van der Waals surface area contributed by atoms with Crippen LogP contribution >= 0.6 is 11.6 Å². The van der Waals surface area contributed by atoms with Crippen LogP contribution in [0.3, 0.4) is 0 Å². The van der Waals surface area contributed by atoms with E-state index in [0.717, 1.165) is 0 Å². The van der Waals surface area contributed by atoms with Crippen LogP contribution in [0.5, 0.6) is 0 Å². The summed E-state index contributed by atoms with van der Waals surface area (Å²) >= 11 is 5.90. The van der Waals surface area contributed by atoms with Crippen LogP contribution < -0.4 is 0 Å². The van der Waals surface area contributed by atoms with Crippen LogP contribution in [0.25, 0.3) is 0 Å². The SMILES string of the molecule is CC(C)CCN1C(=O)c2ccc(C(=O)OC(C)C(=O)c3cccc(Cl)c3)cc2C1=O. The highest BCUT2D eigenvalue weighted by Gasteiger charge is 2.36. The molecule has 0 saturated carbocycles. The number of fused-ring (bicyclic) bond motifs is 1. The van der Waals surface area contributed by atoms with Crippen LogP contribution in [-0.4, -0.2) is 41.1 Å². The van der Waals surface area contributed by atoms with E-state index in [9.17, 15) is 19.2 Å². The average molecular weight is 428 g/mol. The molecule has 3 rings (SSSR count). The molecule has 0 aliphatic carbocycles. The maximum atomic E-state index is 12.6. The van der Waals surface area contributed by atoms with Crippen LogP contribution in [0.4, 0.5) is 0 Å². The molecular formula is C23H22ClNO5. The van der Waals surface area contributed by atoms with Gasteiger partial charge in [-0.05, 0) is 49.6 Å². The number of benzene rings is 2. The Balaban J connectivity index is 1.74. The number of amides is 2. The van der Waals surface area contributed by atoms with E-state index >= 15 is 0 Å². The molecule has 1 atom stereocenters. The van der Waals surface area contributed by atoms with Gasteiger partial charge in [0.25, 0.3) is 11.8 Å². The van der Waals surface area contributed by atoms with E-state index in [4.69, 9.17) is 16.3 Å². The first-order valence-corrected chi connectivity index (χ1v) is 10.1. The van der Waals surface area contributed by atoms with Crippen molar-refractivity contribution in [2.45, 2.75) is 33.3 Å². The second-order valence-electron chi connectivity index (χ2n) is 7.63. The molecule has 1 unspecified atom stereocenters. The molecular weight excluding hydrogens is 406 g/mol. The Kier molecular flexibility index (Phi) is 6.37. The van der Waals surface area contributed by atoms with E-state index < -0.39 is 23.8 Å². The van der Waals surface area contributed by atoms with Gasteiger partial charge in [-0.2, -0.15) is 0 Å². The third-order valence-corrected chi connectivity index (χ3v) is 5.13. The molecule has 0 radical (unpaired) electrons. The third-order valence-electron chi connectivity index (χ3n) is 4.90. The lowest BCUT2D eigenvalue weighted by atomic mass is 10.1. The number of esters is 1. The fourth-order valence-electron chi connectivity index (χ4n) is 3.17. The van der Waals surface area contributed by atoms with Crippen molar-refractivity contribution in [1.29, 1.82) is 0 Å². The van der Waals surface area contributed by atoms with Crippen LogP contribution in [0.2, 0.25) is 5.02 Å². The number of carbonyl (C=O) groups is 4. The Hall–Kier alpha value is -2.99. The molecule has 0 fully saturated rings. The van der Waals surface area contributed by atoms with Gasteiger partial charge < -0.3 is 4.74 Å². The predicted molar refractivity (Wildman–Crippen MR) is 112 cm³/mol. The second-order valence-corrected chi connectivity index (χ2v) is 8.06. The standard InChI is InChI=1S/C23H22ClNO5/c1-13(2)9-10-25-21(27)18-8-7-16(12-19(18)22(25)28)23(29)30-14(3)20(26)15-5-4-6-17(24)11-15/h4-8,11-14H,9-10H2,1-3H3. The van der Waals surface area contributed by atoms with Crippen molar-refractivity contribution in [2.75, 3.05) is 6.54 Å². The average Bonchev–Trinajstić information content (AvgIpc) is 2.95. The van der Waals surface area contributed by atoms with Gasteiger partial charge in [-0.25, -0.2) is 4.79 Å². The number of halogens is 1. The minimum Gasteiger partial charge on any atom is -0.451 e. The second kappa shape index (κ2) is 8.79. The molecule has 7 heteroatoms.